The molecule has 3 N–H and O–H groups in total. The van der Waals surface area contributed by atoms with Gasteiger partial charge >= 0.3 is 0 Å². The Kier molecular flexibility index (Phi) is 3.12. The van der Waals surface area contributed by atoms with Gasteiger partial charge in [0, 0.05) is 24.5 Å². The number of carbonyl (C=O) groups excluding carboxylic acids is 2. The van der Waals surface area contributed by atoms with Crippen LogP contribution >= 0.6 is 0 Å². The van der Waals surface area contributed by atoms with E-state index >= 15 is 0 Å². The lowest BCUT2D eigenvalue weighted by molar-refractivity contribution is -0.135. The monoisotopic (exact) mass is 239 g/mol. The Morgan fingerprint density at radius 3 is 2.65 bits per heavy atom. The third-order valence-electron chi connectivity index (χ3n) is 3.56. The molecule has 5 heteroatoms. The third kappa shape index (κ3) is 2.77. The Balaban J connectivity index is 1.97. The Morgan fingerprint density at radius 1 is 1.47 bits per heavy atom. The molecule has 2 rings (SSSR count). The van der Waals surface area contributed by atoms with Gasteiger partial charge in [0.15, 0.2) is 0 Å². The molecule has 5 nitrogen and oxygen atoms in total. The topological polar surface area (TPSA) is 75.4 Å². The summed E-state index contributed by atoms with van der Waals surface area (Å²) in [5.74, 6) is -0.246. The van der Waals surface area contributed by atoms with Gasteiger partial charge < -0.3 is 16.0 Å². The Labute approximate surface area is 102 Å². The van der Waals surface area contributed by atoms with Crippen molar-refractivity contribution in [3.05, 3.63) is 0 Å². The molecule has 2 amide bonds. The fourth-order valence-electron chi connectivity index (χ4n) is 2.49. The number of nitrogens with one attached hydrogen (secondary N) is 1. The molecular formula is C12H21N3O2. The lowest BCUT2D eigenvalue weighted by Crippen LogP contribution is -2.50. The minimum Gasteiger partial charge on any atom is -0.370 e. The first-order valence-electron chi connectivity index (χ1n) is 6.26. The summed E-state index contributed by atoms with van der Waals surface area (Å²) < 4.78 is 0. The first-order chi connectivity index (χ1) is 7.90. The van der Waals surface area contributed by atoms with E-state index in [4.69, 9.17) is 5.73 Å². The van der Waals surface area contributed by atoms with E-state index in [-0.39, 0.29) is 24.3 Å². The number of nitrogens with two attached hydrogens (primary N) is 1. The second kappa shape index (κ2) is 4.29. The highest BCUT2D eigenvalue weighted by Crippen LogP contribution is 2.27. The maximum absolute atomic E-state index is 12.2. The molecule has 1 atom stereocenters. The van der Waals surface area contributed by atoms with Gasteiger partial charge in [0.05, 0.1) is 6.04 Å². The summed E-state index contributed by atoms with van der Waals surface area (Å²) in [5, 5.41) is 3.35. The fourth-order valence-corrected chi connectivity index (χ4v) is 2.49. The minimum atomic E-state index is -0.469. The van der Waals surface area contributed by atoms with Crippen molar-refractivity contribution < 1.29 is 9.59 Å². The maximum atomic E-state index is 12.2. The standard InChI is InChI=1S/C12H21N3O2/c1-12(2,7-10(13)16)15-6-5-9(11(15)17)14-8-3-4-8/h8-9,14H,3-7H2,1-2H3,(H2,13,16). The van der Waals surface area contributed by atoms with Gasteiger partial charge in [-0.15, -0.1) is 0 Å². The zero-order valence-corrected chi connectivity index (χ0v) is 10.5. The van der Waals surface area contributed by atoms with E-state index in [9.17, 15) is 9.59 Å². The van der Waals surface area contributed by atoms with Gasteiger partial charge in [-0.05, 0) is 33.1 Å². The first-order valence-corrected chi connectivity index (χ1v) is 6.26. The zero-order chi connectivity index (χ0) is 12.6. The summed E-state index contributed by atoms with van der Waals surface area (Å²) in [4.78, 5) is 25.0. The average Bonchev–Trinajstić information content (AvgIpc) is 2.90. The summed E-state index contributed by atoms with van der Waals surface area (Å²) >= 11 is 0. The molecule has 0 aromatic heterocycles. The Morgan fingerprint density at radius 2 is 2.12 bits per heavy atom. The number of likely N-dealkylation sites (tertiary alicyclic amines) is 1. The molecule has 0 radical (unpaired) electrons. The van der Waals surface area contributed by atoms with Gasteiger partial charge in [0.2, 0.25) is 11.8 Å². The number of amides is 2. The summed E-state index contributed by atoms with van der Waals surface area (Å²) in [7, 11) is 0. The van der Waals surface area contributed by atoms with E-state index in [1.165, 1.54) is 12.8 Å². The molecule has 2 fully saturated rings. The molecule has 96 valence electrons. The summed E-state index contributed by atoms with van der Waals surface area (Å²) in [6.45, 7) is 4.51. The molecule has 1 aliphatic heterocycles. The van der Waals surface area contributed by atoms with Crippen LogP contribution in [0.3, 0.4) is 0 Å². The molecule has 2 aliphatic rings. The van der Waals surface area contributed by atoms with Gasteiger partial charge in [0.25, 0.3) is 0 Å². The number of nitrogens with zero attached hydrogens (tertiary/aromatic N) is 1. The van der Waals surface area contributed by atoms with E-state index < -0.39 is 5.54 Å². The number of primary amides is 1. The molecule has 0 spiro atoms. The predicted molar refractivity (Wildman–Crippen MR) is 64.2 cm³/mol. The van der Waals surface area contributed by atoms with Crippen LogP contribution in [0.15, 0.2) is 0 Å². The largest absolute Gasteiger partial charge is 0.370 e. The van der Waals surface area contributed by atoms with Gasteiger partial charge in [-0.3, -0.25) is 9.59 Å². The lowest BCUT2D eigenvalue weighted by Gasteiger charge is -2.35. The molecule has 1 heterocycles. The molecular weight excluding hydrogens is 218 g/mol. The van der Waals surface area contributed by atoms with E-state index in [1.54, 1.807) is 4.90 Å². The second-order valence-electron chi connectivity index (χ2n) is 5.73. The van der Waals surface area contributed by atoms with Crippen LogP contribution in [0.5, 0.6) is 0 Å². The molecule has 1 saturated heterocycles. The van der Waals surface area contributed by atoms with Crippen LogP contribution in [-0.2, 0) is 9.59 Å². The molecule has 1 aliphatic carbocycles. The molecule has 17 heavy (non-hydrogen) atoms. The summed E-state index contributed by atoms with van der Waals surface area (Å²) in [6.07, 6.45) is 3.40. The molecule has 1 unspecified atom stereocenters. The van der Waals surface area contributed by atoms with Crippen LogP contribution < -0.4 is 11.1 Å². The average molecular weight is 239 g/mol. The maximum Gasteiger partial charge on any atom is 0.240 e. The zero-order valence-electron chi connectivity index (χ0n) is 10.5. The molecule has 0 aromatic rings. The minimum absolute atomic E-state index is 0.0605. The van der Waals surface area contributed by atoms with E-state index in [2.05, 4.69) is 5.32 Å². The molecule has 0 bridgehead atoms. The van der Waals surface area contributed by atoms with Gasteiger partial charge in [-0.1, -0.05) is 0 Å². The number of rotatable bonds is 5. The highest BCUT2D eigenvalue weighted by atomic mass is 16.2. The number of hydrogen-bond donors (Lipinski definition) is 2. The summed E-state index contributed by atoms with van der Waals surface area (Å²) in [5.41, 5.74) is 4.76. The van der Waals surface area contributed by atoms with Gasteiger partial charge in [-0.25, -0.2) is 0 Å². The van der Waals surface area contributed by atoms with Crippen molar-refractivity contribution in [3.8, 4) is 0 Å². The highest BCUT2D eigenvalue weighted by Gasteiger charge is 2.42. The number of hydrogen-bond acceptors (Lipinski definition) is 3. The summed E-state index contributed by atoms with van der Waals surface area (Å²) in [6, 6.07) is 0.470. The van der Waals surface area contributed by atoms with Gasteiger partial charge in [0.1, 0.15) is 0 Å². The molecule has 1 saturated carbocycles. The Bertz CT molecular complexity index is 337. The lowest BCUT2D eigenvalue weighted by atomic mass is 9.98. The highest BCUT2D eigenvalue weighted by molar-refractivity contribution is 5.85. The number of carbonyl (C=O) groups is 2. The first kappa shape index (κ1) is 12.4. The third-order valence-corrected chi connectivity index (χ3v) is 3.56. The van der Waals surface area contributed by atoms with Crippen LogP contribution in [0.2, 0.25) is 0 Å². The fraction of sp³-hybridized carbons (Fsp3) is 0.833. The van der Waals surface area contributed by atoms with Gasteiger partial charge in [-0.2, -0.15) is 0 Å². The normalized spacial score (nSPS) is 25.4. The predicted octanol–water partition coefficient (Wildman–Crippen LogP) is -0.00670. The SMILES string of the molecule is CC(C)(CC(N)=O)N1CCC(NC2CC2)C1=O. The van der Waals surface area contributed by atoms with Crippen molar-refractivity contribution in [2.75, 3.05) is 6.54 Å². The van der Waals surface area contributed by atoms with Crippen molar-refractivity contribution in [1.29, 1.82) is 0 Å². The quantitative estimate of drug-likeness (QED) is 0.708. The van der Waals surface area contributed by atoms with Crippen LogP contribution in [0, 0.1) is 0 Å². The smallest absolute Gasteiger partial charge is 0.240 e. The van der Waals surface area contributed by atoms with Crippen LogP contribution in [0.4, 0.5) is 0 Å². The van der Waals surface area contributed by atoms with Crippen LogP contribution in [-0.4, -0.2) is 40.9 Å². The van der Waals surface area contributed by atoms with Crippen molar-refractivity contribution in [2.24, 2.45) is 5.73 Å². The second-order valence-corrected chi connectivity index (χ2v) is 5.73. The van der Waals surface area contributed by atoms with E-state index in [0.717, 1.165) is 6.42 Å². The van der Waals surface area contributed by atoms with Crippen molar-refractivity contribution in [1.82, 2.24) is 10.2 Å². The van der Waals surface area contributed by atoms with Crippen molar-refractivity contribution in [3.63, 3.8) is 0 Å². The van der Waals surface area contributed by atoms with Crippen LogP contribution in [0.25, 0.3) is 0 Å². The molecule has 0 aromatic carbocycles. The Hall–Kier alpha value is -1.10. The van der Waals surface area contributed by atoms with Crippen molar-refractivity contribution in [2.45, 2.75) is 57.2 Å². The van der Waals surface area contributed by atoms with E-state index in [0.29, 0.717) is 12.6 Å². The van der Waals surface area contributed by atoms with Crippen molar-refractivity contribution >= 4 is 11.8 Å². The van der Waals surface area contributed by atoms with Crippen LogP contribution in [0.1, 0.15) is 39.5 Å². The van der Waals surface area contributed by atoms with E-state index in [1.807, 2.05) is 13.8 Å².